The fourth-order valence-electron chi connectivity index (χ4n) is 1.15. The van der Waals surface area contributed by atoms with E-state index in [1.54, 1.807) is 0 Å². The van der Waals surface area contributed by atoms with Crippen molar-refractivity contribution in [2.24, 2.45) is 0 Å². The standard InChI is InChI=1S/C11H14ClNO5S2/c1-11(2,19(3,15)16)10(14)13-8-4-6-9(7-5-8)20(12,17)18/h4-7H,1-3H3,(H,13,14). The van der Waals surface area contributed by atoms with Gasteiger partial charge in [-0.3, -0.25) is 4.79 Å². The van der Waals surface area contributed by atoms with Crippen LogP contribution in [0, 0.1) is 0 Å². The van der Waals surface area contributed by atoms with E-state index in [-0.39, 0.29) is 10.6 Å². The number of rotatable bonds is 4. The van der Waals surface area contributed by atoms with Crippen molar-refractivity contribution < 1.29 is 21.6 Å². The molecule has 0 aromatic heterocycles. The molecular weight excluding hydrogens is 326 g/mol. The molecule has 1 aromatic rings. The summed E-state index contributed by atoms with van der Waals surface area (Å²) >= 11 is 0. The third-order valence-corrected chi connectivity index (χ3v) is 6.28. The van der Waals surface area contributed by atoms with Gasteiger partial charge in [0.05, 0.1) is 4.90 Å². The second kappa shape index (κ2) is 5.34. The number of anilines is 1. The molecule has 0 fully saturated rings. The van der Waals surface area contributed by atoms with Crippen LogP contribution in [0.1, 0.15) is 13.8 Å². The minimum absolute atomic E-state index is 0.112. The number of halogens is 1. The second-order valence-electron chi connectivity index (χ2n) is 4.70. The van der Waals surface area contributed by atoms with Gasteiger partial charge in [-0.2, -0.15) is 0 Å². The Morgan fingerprint density at radius 1 is 1.10 bits per heavy atom. The van der Waals surface area contributed by atoms with E-state index in [0.29, 0.717) is 0 Å². The maximum Gasteiger partial charge on any atom is 0.261 e. The molecule has 1 amide bonds. The molecule has 6 nitrogen and oxygen atoms in total. The summed E-state index contributed by atoms with van der Waals surface area (Å²) < 4.78 is 43.5. The van der Waals surface area contributed by atoms with Gasteiger partial charge in [0.25, 0.3) is 9.05 Å². The predicted octanol–water partition coefficient (Wildman–Crippen LogP) is 1.38. The van der Waals surface area contributed by atoms with Crippen LogP contribution in [0.5, 0.6) is 0 Å². The van der Waals surface area contributed by atoms with Gasteiger partial charge in [-0.25, -0.2) is 16.8 Å². The van der Waals surface area contributed by atoms with Gasteiger partial charge in [-0.15, -0.1) is 0 Å². The van der Waals surface area contributed by atoms with Crippen molar-refractivity contribution in [2.45, 2.75) is 23.5 Å². The first kappa shape index (κ1) is 16.9. The van der Waals surface area contributed by atoms with E-state index < -0.39 is 29.5 Å². The summed E-state index contributed by atoms with van der Waals surface area (Å²) in [5.74, 6) is -0.707. The lowest BCUT2D eigenvalue weighted by Gasteiger charge is -2.21. The molecule has 0 saturated heterocycles. The summed E-state index contributed by atoms with van der Waals surface area (Å²) in [4.78, 5) is 11.8. The molecule has 20 heavy (non-hydrogen) atoms. The minimum Gasteiger partial charge on any atom is -0.325 e. The average molecular weight is 340 g/mol. The first-order chi connectivity index (χ1) is 8.85. The van der Waals surface area contributed by atoms with E-state index in [2.05, 4.69) is 5.32 Å². The zero-order valence-corrected chi connectivity index (χ0v) is 13.4. The molecule has 0 aliphatic rings. The Morgan fingerprint density at radius 3 is 1.90 bits per heavy atom. The molecule has 1 aromatic carbocycles. The fourth-order valence-corrected chi connectivity index (χ4v) is 2.31. The van der Waals surface area contributed by atoms with Gasteiger partial charge in [0.1, 0.15) is 4.75 Å². The quantitative estimate of drug-likeness (QED) is 0.836. The van der Waals surface area contributed by atoms with Crippen LogP contribution in [0.3, 0.4) is 0 Å². The molecular formula is C11H14ClNO5S2. The molecule has 9 heteroatoms. The molecule has 1 N–H and O–H groups in total. The number of hydrogen-bond donors (Lipinski definition) is 1. The van der Waals surface area contributed by atoms with Crippen LogP contribution >= 0.6 is 10.7 Å². The zero-order chi connectivity index (χ0) is 15.8. The highest BCUT2D eigenvalue weighted by Crippen LogP contribution is 2.21. The molecule has 0 spiro atoms. The van der Waals surface area contributed by atoms with Gasteiger partial charge < -0.3 is 5.32 Å². The Labute approximate surface area is 122 Å². The Balaban J connectivity index is 2.99. The van der Waals surface area contributed by atoms with Crippen molar-refractivity contribution in [1.29, 1.82) is 0 Å². The summed E-state index contributed by atoms with van der Waals surface area (Å²) in [5.41, 5.74) is 0.274. The maximum absolute atomic E-state index is 11.9. The lowest BCUT2D eigenvalue weighted by molar-refractivity contribution is -0.117. The Hall–Kier alpha value is -1.12. The largest absolute Gasteiger partial charge is 0.325 e. The van der Waals surface area contributed by atoms with Crippen LogP contribution < -0.4 is 5.32 Å². The van der Waals surface area contributed by atoms with Gasteiger partial charge in [0.15, 0.2) is 9.84 Å². The second-order valence-corrected chi connectivity index (χ2v) is 9.83. The summed E-state index contributed by atoms with van der Waals surface area (Å²) in [5, 5.41) is 2.41. The lowest BCUT2D eigenvalue weighted by Crippen LogP contribution is -2.43. The fraction of sp³-hybridized carbons (Fsp3) is 0.364. The van der Waals surface area contributed by atoms with Crippen LogP contribution in [-0.4, -0.2) is 33.7 Å². The first-order valence-electron chi connectivity index (χ1n) is 5.41. The van der Waals surface area contributed by atoms with Crippen LogP contribution in [0.4, 0.5) is 5.69 Å². The molecule has 0 aliphatic heterocycles. The summed E-state index contributed by atoms with van der Waals surface area (Å²) in [6.45, 7) is 2.57. The van der Waals surface area contributed by atoms with Crippen molar-refractivity contribution in [2.75, 3.05) is 11.6 Å². The Morgan fingerprint density at radius 2 is 1.55 bits per heavy atom. The molecule has 0 unspecified atom stereocenters. The van der Waals surface area contributed by atoms with Crippen molar-refractivity contribution >= 4 is 41.2 Å². The first-order valence-corrected chi connectivity index (χ1v) is 9.61. The van der Waals surface area contributed by atoms with Gasteiger partial charge >= 0.3 is 0 Å². The number of hydrogen-bond acceptors (Lipinski definition) is 5. The van der Waals surface area contributed by atoms with Gasteiger partial charge in [0, 0.05) is 22.6 Å². The molecule has 112 valence electrons. The van der Waals surface area contributed by atoms with E-state index in [4.69, 9.17) is 10.7 Å². The van der Waals surface area contributed by atoms with Gasteiger partial charge in [0.2, 0.25) is 5.91 Å². The van der Waals surface area contributed by atoms with Crippen LogP contribution in [0.2, 0.25) is 0 Å². The molecule has 0 radical (unpaired) electrons. The maximum atomic E-state index is 11.9. The van der Waals surface area contributed by atoms with Crippen LogP contribution in [0.25, 0.3) is 0 Å². The Kier molecular flexibility index (Phi) is 4.52. The lowest BCUT2D eigenvalue weighted by atomic mass is 10.2. The van der Waals surface area contributed by atoms with E-state index >= 15 is 0 Å². The third kappa shape index (κ3) is 3.71. The SMILES string of the molecule is CC(C)(C(=O)Nc1ccc(S(=O)(=O)Cl)cc1)S(C)(=O)=O. The predicted molar refractivity (Wildman–Crippen MR) is 77.0 cm³/mol. The van der Waals surface area contributed by atoms with E-state index in [0.717, 1.165) is 6.26 Å². The number of carbonyl (C=O) groups is 1. The van der Waals surface area contributed by atoms with E-state index in [1.165, 1.54) is 38.1 Å². The Bertz CT molecular complexity index is 721. The van der Waals surface area contributed by atoms with E-state index in [9.17, 15) is 21.6 Å². The number of benzene rings is 1. The molecule has 0 heterocycles. The summed E-state index contributed by atoms with van der Waals surface area (Å²) in [7, 11) is -2.26. The van der Waals surface area contributed by atoms with Gasteiger partial charge in [-0.1, -0.05) is 0 Å². The van der Waals surface area contributed by atoms with Crippen LogP contribution in [-0.2, 0) is 23.7 Å². The average Bonchev–Trinajstić information content (AvgIpc) is 2.26. The molecule has 0 aliphatic carbocycles. The smallest absolute Gasteiger partial charge is 0.261 e. The number of nitrogens with one attached hydrogen (secondary N) is 1. The van der Waals surface area contributed by atoms with Crippen molar-refractivity contribution in [3.05, 3.63) is 24.3 Å². The highest BCUT2D eigenvalue weighted by molar-refractivity contribution is 8.13. The van der Waals surface area contributed by atoms with Crippen molar-refractivity contribution in [3.8, 4) is 0 Å². The topological polar surface area (TPSA) is 97.4 Å². The molecule has 0 bridgehead atoms. The van der Waals surface area contributed by atoms with Crippen molar-refractivity contribution in [3.63, 3.8) is 0 Å². The summed E-state index contributed by atoms with van der Waals surface area (Å²) in [6.07, 6.45) is 0.968. The monoisotopic (exact) mass is 339 g/mol. The molecule has 1 rings (SSSR count). The van der Waals surface area contributed by atoms with Crippen LogP contribution in [0.15, 0.2) is 29.2 Å². The highest BCUT2D eigenvalue weighted by Gasteiger charge is 2.38. The van der Waals surface area contributed by atoms with E-state index in [1.807, 2.05) is 0 Å². The zero-order valence-electron chi connectivity index (χ0n) is 11.0. The molecule has 0 saturated carbocycles. The molecule has 0 atom stereocenters. The normalized spacial score (nSPS) is 13.0. The van der Waals surface area contributed by atoms with Gasteiger partial charge in [-0.05, 0) is 38.1 Å². The number of carbonyl (C=O) groups excluding carboxylic acids is 1. The summed E-state index contributed by atoms with van der Waals surface area (Å²) in [6, 6.07) is 5.08. The number of amides is 1. The number of sulfone groups is 1. The minimum atomic E-state index is -3.84. The van der Waals surface area contributed by atoms with Crippen molar-refractivity contribution in [1.82, 2.24) is 0 Å². The highest BCUT2D eigenvalue weighted by atomic mass is 35.7. The third-order valence-electron chi connectivity index (χ3n) is 2.87.